The van der Waals surface area contributed by atoms with Crippen LogP contribution in [-0.4, -0.2) is 25.5 Å². The molecule has 1 atom stereocenters. The Labute approximate surface area is 204 Å². The first-order valence-corrected chi connectivity index (χ1v) is 11.6. The van der Waals surface area contributed by atoms with Gasteiger partial charge in [-0.05, 0) is 66.9 Å². The molecule has 0 saturated heterocycles. The van der Waals surface area contributed by atoms with Crippen LogP contribution in [0.25, 0.3) is 0 Å². The second-order valence-corrected chi connectivity index (χ2v) is 8.86. The van der Waals surface area contributed by atoms with Gasteiger partial charge in [0.2, 0.25) is 5.78 Å². The molecule has 0 spiro atoms. The van der Waals surface area contributed by atoms with Crippen LogP contribution in [0.4, 0.5) is 0 Å². The van der Waals surface area contributed by atoms with Crippen molar-refractivity contribution in [1.82, 2.24) is 0 Å². The van der Waals surface area contributed by atoms with Crippen LogP contribution in [0.5, 0.6) is 23.0 Å². The lowest BCUT2D eigenvalue weighted by molar-refractivity contribution is -0.135. The van der Waals surface area contributed by atoms with Gasteiger partial charge in [0.15, 0.2) is 5.76 Å². The topological polar surface area (TPSA) is 71.1 Å². The number of ether oxygens (including phenoxy) is 4. The maximum absolute atomic E-state index is 12.8. The average molecular weight is 471 g/mol. The van der Waals surface area contributed by atoms with Crippen molar-refractivity contribution in [2.75, 3.05) is 13.7 Å². The summed E-state index contributed by atoms with van der Waals surface area (Å²) in [4.78, 5) is 25.2. The Hall–Kier alpha value is -4.06. The summed E-state index contributed by atoms with van der Waals surface area (Å²) in [6, 6.07) is 19.0. The van der Waals surface area contributed by atoms with E-state index in [0.29, 0.717) is 29.4 Å². The maximum atomic E-state index is 12.8. The zero-order valence-corrected chi connectivity index (χ0v) is 19.9. The Bertz CT molecular complexity index is 1310. The Balaban J connectivity index is 1.35. The second-order valence-electron chi connectivity index (χ2n) is 8.86. The van der Waals surface area contributed by atoms with Crippen LogP contribution in [0.2, 0.25) is 0 Å². The van der Waals surface area contributed by atoms with E-state index in [0.717, 1.165) is 34.6 Å². The third-order valence-electron chi connectivity index (χ3n) is 6.31. The minimum Gasteiger partial charge on any atom is -0.497 e. The van der Waals surface area contributed by atoms with E-state index >= 15 is 0 Å². The zero-order valence-electron chi connectivity index (χ0n) is 19.9. The van der Waals surface area contributed by atoms with Crippen molar-refractivity contribution in [2.24, 2.45) is 0 Å². The molecular weight excluding hydrogens is 444 g/mol. The summed E-state index contributed by atoms with van der Waals surface area (Å²) in [6.07, 6.45) is 0.945. The van der Waals surface area contributed by atoms with Crippen molar-refractivity contribution in [3.8, 4) is 23.0 Å². The summed E-state index contributed by atoms with van der Waals surface area (Å²) in [5.41, 5.74) is 4.14. The Morgan fingerprint density at radius 3 is 2.31 bits per heavy atom. The maximum Gasteiger partial charge on any atom is 0.312 e. The van der Waals surface area contributed by atoms with Gasteiger partial charge in [0.05, 0.1) is 25.7 Å². The van der Waals surface area contributed by atoms with Gasteiger partial charge >= 0.3 is 5.97 Å². The van der Waals surface area contributed by atoms with E-state index in [2.05, 4.69) is 0 Å². The van der Waals surface area contributed by atoms with Crippen molar-refractivity contribution < 1.29 is 28.5 Å². The average Bonchev–Trinajstić information content (AvgIpc) is 3.21. The number of ketones is 1. The highest BCUT2D eigenvalue weighted by atomic mass is 16.5. The van der Waals surface area contributed by atoms with Crippen molar-refractivity contribution in [3.63, 3.8) is 0 Å². The monoisotopic (exact) mass is 470 g/mol. The van der Waals surface area contributed by atoms with E-state index in [4.69, 9.17) is 18.9 Å². The van der Waals surface area contributed by atoms with Crippen LogP contribution in [0.3, 0.4) is 0 Å². The first-order valence-electron chi connectivity index (χ1n) is 11.6. The fraction of sp³-hybridized carbons (Fsp3) is 0.241. The number of fused-ring (bicyclic) bond motifs is 3. The molecule has 0 radical (unpaired) electrons. The number of carbonyl (C=O) groups is 2. The van der Waals surface area contributed by atoms with Crippen LogP contribution < -0.4 is 18.9 Å². The molecule has 3 aromatic carbocycles. The lowest BCUT2D eigenvalue weighted by atomic mass is 9.84. The summed E-state index contributed by atoms with van der Waals surface area (Å²) in [6.45, 7) is 4.23. The summed E-state index contributed by atoms with van der Waals surface area (Å²) in [7, 11) is 1.65. The molecule has 5 rings (SSSR count). The van der Waals surface area contributed by atoms with Crippen LogP contribution in [0, 0.1) is 0 Å². The number of Topliss-reactive ketones (excluding diaryl/α,β-unsaturated/α-hetero) is 1. The van der Waals surface area contributed by atoms with Gasteiger partial charge in [-0.3, -0.25) is 9.59 Å². The molecule has 2 heterocycles. The van der Waals surface area contributed by atoms with E-state index in [1.807, 2.05) is 62.4 Å². The minimum atomic E-state index is -0.311. The minimum absolute atomic E-state index is 0.140. The molecule has 6 nitrogen and oxygen atoms in total. The van der Waals surface area contributed by atoms with E-state index < -0.39 is 0 Å². The summed E-state index contributed by atoms with van der Waals surface area (Å²) >= 11 is 0. The zero-order chi connectivity index (χ0) is 24.5. The van der Waals surface area contributed by atoms with Gasteiger partial charge in [0.1, 0.15) is 23.0 Å². The lowest BCUT2D eigenvalue weighted by Gasteiger charge is -2.26. The van der Waals surface area contributed by atoms with Gasteiger partial charge in [-0.15, -0.1) is 0 Å². The van der Waals surface area contributed by atoms with E-state index in [1.54, 1.807) is 19.2 Å². The number of hydrogen-bond acceptors (Lipinski definition) is 6. The molecule has 6 heteroatoms. The standard InChI is InChI=1S/C29H26O6/c1-17(2)28-27(31)22-12-13-24-26(29(22)35-28)23(16-25(30)34-24)19-6-10-21(11-7-19)33-15-14-18-4-8-20(32-3)9-5-18/h4-13,23H,14-16H2,1-3H3. The SMILES string of the molecule is COc1ccc(CCOc2ccc(C3CC(=O)Oc4ccc5c(c43)OC(=C(C)C)C5=O)cc2)cc1. The van der Waals surface area contributed by atoms with Crippen LogP contribution in [0.15, 0.2) is 72.0 Å². The molecule has 0 aliphatic carbocycles. The third-order valence-corrected chi connectivity index (χ3v) is 6.31. The van der Waals surface area contributed by atoms with Gasteiger partial charge in [-0.25, -0.2) is 0 Å². The highest BCUT2D eigenvalue weighted by Crippen LogP contribution is 2.49. The second kappa shape index (κ2) is 9.29. The van der Waals surface area contributed by atoms with Crippen molar-refractivity contribution in [2.45, 2.75) is 32.6 Å². The highest BCUT2D eigenvalue weighted by molar-refractivity contribution is 6.13. The molecule has 0 fully saturated rings. The number of esters is 1. The smallest absolute Gasteiger partial charge is 0.312 e. The summed E-state index contributed by atoms with van der Waals surface area (Å²) < 4.78 is 22.6. The molecule has 178 valence electrons. The number of allylic oxidation sites excluding steroid dienone is 2. The predicted molar refractivity (Wildman–Crippen MR) is 131 cm³/mol. The molecule has 0 bridgehead atoms. The summed E-state index contributed by atoms with van der Waals surface area (Å²) in [5.74, 6) is 2.11. The molecule has 2 aliphatic rings. The predicted octanol–water partition coefficient (Wildman–Crippen LogP) is 5.63. The number of methoxy groups -OCH3 is 1. The quantitative estimate of drug-likeness (QED) is 0.264. The first-order chi connectivity index (χ1) is 16.9. The summed E-state index contributed by atoms with van der Waals surface area (Å²) in [5, 5.41) is 0. The number of rotatable bonds is 6. The number of hydrogen-bond donors (Lipinski definition) is 0. The van der Waals surface area contributed by atoms with Gasteiger partial charge < -0.3 is 18.9 Å². The van der Waals surface area contributed by atoms with Crippen molar-refractivity contribution in [3.05, 3.63) is 94.2 Å². The third kappa shape index (κ3) is 4.39. The normalized spacial score (nSPS) is 16.2. The first kappa shape index (κ1) is 22.7. The van der Waals surface area contributed by atoms with Gasteiger partial charge in [-0.2, -0.15) is 0 Å². The molecule has 0 amide bonds. The largest absolute Gasteiger partial charge is 0.497 e. The van der Waals surface area contributed by atoms with Crippen LogP contribution >= 0.6 is 0 Å². The van der Waals surface area contributed by atoms with E-state index in [9.17, 15) is 9.59 Å². The number of carbonyl (C=O) groups excluding carboxylic acids is 2. The van der Waals surface area contributed by atoms with Crippen molar-refractivity contribution in [1.29, 1.82) is 0 Å². The van der Waals surface area contributed by atoms with E-state index in [-0.39, 0.29) is 24.1 Å². The highest BCUT2D eigenvalue weighted by Gasteiger charge is 2.38. The van der Waals surface area contributed by atoms with Crippen LogP contribution in [-0.2, 0) is 11.2 Å². The van der Waals surface area contributed by atoms with Crippen LogP contribution in [0.1, 0.15) is 53.2 Å². The fourth-order valence-electron chi connectivity index (χ4n) is 4.48. The molecular formula is C29H26O6. The number of benzene rings is 3. The molecule has 35 heavy (non-hydrogen) atoms. The molecule has 0 saturated carbocycles. The van der Waals surface area contributed by atoms with Crippen molar-refractivity contribution >= 4 is 11.8 Å². The Morgan fingerprint density at radius 1 is 0.914 bits per heavy atom. The van der Waals surface area contributed by atoms with E-state index in [1.165, 1.54) is 5.56 Å². The molecule has 0 aromatic heterocycles. The molecule has 2 aliphatic heterocycles. The Kier molecular flexibility index (Phi) is 6.03. The Morgan fingerprint density at radius 2 is 1.63 bits per heavy atom. The van der Waals surface area contributed by atoms with Gasteiger partial charge in [0, 0.05) is 17.9 Å². The van der Waals surface area contributed by atoms with Gasteiger partial charge in [0.25, 0.3) is 0 Å². The lowest BCUT2D eigenvalue weighted by Crippen LogP contribution is -2.21. The fourth-order valence-corrected chi connectivity index (χ4v) is 4.48. The van der Waals surface area contributed by atoms with Gasteiger partial charge in [-0.1, -0.05) is 24.3 Å². The molecule has 3 aromatic rings. The molecule has 0 N–H and O–H groups in total. The molecule has 1 unspecified atom stereocenters.